The Morgan fingerprint density at radius 2 is 1.26 bits per heavy atom. The lowest BCUT2D eigenvalue weighted by Crippen LogP contribution is -2.03. The van der Waals surface area contributed by atoms with Crippen molar-refractivity contribution in [2.24, 2.45) is 10.2 Å². The van der Waals surface area contributed by atoms with Crippen LogP contribution in [0.5, 0.6) is 5.75 Å². The number of ether oxygens (including phenoxy) is 1. The quantitative estimate of drug-likeness (QED) is 0.201. The normalized spacial score (nSPS) is 11.5. The summed E-state index contributed by atoms with van der Waals surface area (Å²) in [6, 6.07) is 16.4. The van der Waals surface area contributed by atoms with E-state index in [1.807, 2.05) is 24.3 Å². The molecule has 0 aliphatic carbocycles. The van der Waals surface area contributed by atoms with Gasteiger partial charge in [-0.2, -0.15) is 15.5 Å². The van der Waals surface area contributed by atoms with Gasteiger partial charge in [0.05, 0.1) is 39.7 Å². The van der Waals surface area contributed by atoms with Crippen molar-refractivity contribution < 1.29 is 17.7 Å². The molecule has 0 fully saturated rings. The molecule has 0 spiro atoms. The molecule has 0 saturated carbocycles. The molecule has 0 heterocycles. The van der Waals surface area contributed by atoms with Crippen LogP contribution in [0.4, 0.5) is 11.4 Å². The number of unbranched alkanes of at least 4 members (excludes halogenated alkanes) is 7. The van der Waals surface area contributed by atoms with Gasteiger partial charge in [0.1, 0.15) is 5.75 Å². The van der Waals surface area contributed by atoms with Crippen LogP contribution in [0, 0.1) is 11.3 Å². The lowest BCUT2D eigenvalue weighted by molar-refractivity contribution is 0.304. The van der Waals surface area contributed by atoms with Crippen LogP contribution in [0.15, 0.2) is 58.8 Å². The van der Waals surface area contributed by atoms with E-state index in [9.17, 15) is 13.0 Å². The Balaban J connectivity index is 1.54. The first-order valence-electron chi connectivity index (χ1n) is 10.5. The SMILES string of the molecule is N#Cc1ccc(N=Nc2ccc(OCCCCCCCCCCS(=O)(=O)[O-])cc2)cc1. The Hall–Kier alpha value is -2.76. The minimum absolute atomic E-state index is 0.245. The highest BCUT2D eigenvalue weighted by Crippen LogP contribution is 2.22. The van der Waals surface area contributed by atoms with Crippen LogP contribution in [0.3, 0.4) is 0 Å². The third kappa shape index (κ3) is 11.3. The standard InChI is InChI=1S/C23H29N3O4S/c24-19-20-9-11-21(12-10-20)25-26-22-13-15-23(16-14-22)30-17-7-5-3-1-2-4-6-8-18-31(27,28)29/h9-16H,1-8,17-18H2,(H,27,28,29)/p-1. The third-order valence-corrected chi connectivity index (χ3v) is 5.46. The molecule has 0 bridgehead atoms. The average molecular weight is 443 g/mol. The molecule has 0 aliphatic heterocycles. The predicted molar refractivity (Wildman–Crippen MR) is 119 cm³/mol. The number of benzene rings is 2. The van der Waals surface area contributed by atoms with Gasteiger partial charge in [-0.25, -0.2) is 8.42 Å². The van der Waals surface area contributed by atoms with Gasteiger partial charge < -0.3 is 9.29 Å². The number of nitrogens with zero attached hydrogens (tertiary/aromatic N) is 3. The van der Waals surface area contributed by atoms with E-state index in [0.717, 1.165) is 56.4 Å². The molecule has 7 nitrogen and oxygen atoms in total. The van der Waals surface area contributed by atoms with Gasteiger partial charge in [-0.05, 0) is 61.4 Å². The van der Waals surface area contributed by atoms with E-state index < -0.39 is 10.1 Å². The summed E-state index contributed by atoms with van der Waals surface area (Å²) in [6.45, 7) is 0.660. The summed E-state index contributed by atoms with van der Waals surface area (Å²) in [6.07, 6.45) is 7.61. The summed E-state index contributed by atoms with van der Waals surface area (Å²) in [5.41, 5.74) is 2.01. The van der Waals surface area contributed by atoms with Gasteiger partial charge >= 0.3 is 0 Å². The monoisotopic (exact) mass is 442 g/mol. The first kappa shape index (κ1) is 24.5. The van der Waals surface area contributed by atoms with Gasteiger partial charge in [0.25, 0.3) is 0 Å². The second kappa shape index (κ2) is 13.5. The summed E-state index contributed by atoms with van der Waals surface area (Å²) < 4.78 is 37.3. The second-order valence-corrected chi connectivity index (χ2v) is 8.81. The van der Waals surface area contributed by atoms with Gasteiger partial charge in [-0.3, -0.25) is 0 Å². The lowest BCUT2D eigenvalue weighted by Gasteiger charge is -2.07. The highest BCUT2D eigenvalue weighted by atomic mass is 32.2. The number of rotatable bonds is 14. The molecule has 166 valence electrons. The molecule has 0 radical (unpaired) electrons. The van der Waals surface area contributed by atoms with Crippen LogP contribution in [0.2, 0.25) is 0 Å². The maximum Gasteiger partial charge on any atom is 0.119 e. The van der Waals surface area contributed by atoms with Gasteiger partial charge in [0.15, 0.2) is 0 Å². The molecule has 0 amide bonds. The van der Waals surface area contributed by atoms with Crippen molar-refractivity contribution in [1.82, 2.24) is 0 Å². The van der Waals surface area contributed by atoms with Crippen LogP contribution in [-0.4, -0.2) is 25.3 Å². The smallest absolute Gasteiger partial charge is 0.119 e. The second-order valence-electron chi connectivity index (χ2n) is 7.29. The fraction of sp³-hybridized carbons (Fsp3) is 0.435. The minimum atomic E-state index is -4.06. The first-order chi connectivity index (χ1) is 15.0. The van der Waals surface area contributed by atoms with Crippen molar-refractivity contribution in [1.29, 1.82) is 5.26 Å². The van der Waals surface area contributed by atoms with Gasteiger partial charge in [0.2, 0.25) is 0 Å². The Morgan fingerprint density at radius 3 is 1.77 bits per heavy atom. The molecule has 8 heteroatoms. The zero-order valence-electron chi connectivity index (χ0n) is 17.6. The maximum absolute atomic E-state index is 10.5. The largest absolute Gasteiger partial charge is 0.748 e. The lowest BCUT2D eigenvalue weighted by atomic mass is 10.1. The van der Waals surface area contributed by atoms with Gasteiger partial charge in [-0.15, -0.1) is 0 Å². The number of hydrogen-bond acceptors (Lipinski definition) is 7. The van der Waals surface area contributed by atoms with Crippen LogP contribution in [-0.2, 0) is 10.1 Å². The van der Waals surface area contributed by atoms with E-state index in [2.05, 4.69) is 16.3 Å². The summed E-state index contributed by atoms with van der Waals surface area (Å²) in [4.78, 5) is 0. The molecule has 31 heavy (non-hydrogen) atoms. The topological polar surface area (TPSA) is 115 Å². The van der Waals surface area contributed by atoms with E-state index in [1.54, 1.807) is 24.3 Å². The molecule has 0 aromatic heterocycles. The van der Waals surface area contributed by atoms with E-state index in [-0.39, 0.29) is 5.75 Å². The third-order valence-electron chi connectivity index (χ3n) is 4.67. The molecule has 0 atom stereocenters. The van der Waals surface area contributed by atoms with Crippen molar-refractivity contribution >= 4 is 21.5 Å². The Kier molecular flexibility index (Phi) is 10.7. The van der Waals surface area contributed by atoms with E-state index >= 15 is 0 Å². The zero-order valence-corrected chi connectivity index (χ0v) is 18.4. The van der Waals surface area contributed by atoms with E-state index in [4.69, 9.17) is 10.00 Å². The molecule has 2 rings (SSSR count). The van der Waals surface area contributed by atoms with Gasteiger partial charge in [0, 0.05) is 5.75 Å². The highest BCUT2D eigenvalue weighted by molar-refractivity contribution is 7.85. The molecular formula is C23H28N3O4S-. The van der Waals surface area contributed by atoms with Crippen molar-refractivity contribution in [3.05, 3.63) is 54.1 Å². The zero-order chi connectivity index (χ0) is 22.4. The molecule has 0 N–H and O–H groups in total. The Bertz CT molecular complexity index is 950. The average Bonchev–Trinajstić information content (AvgIpc) is 2.76. The summed E-state index contributed by atoms with van der Waals surface area (Å²) >= 11 is 0. The molecule has 2 aromatic carbocycles. The van der Waals surface area contributed by atoms with Gasteiger partial charge in [-0.1, -0.05) is 38.5 Å². The fourth-order valence-electron chi connectivity index (χ4n) is 2.96. The summed E-state index contributed by atoms with van der Waals surface area (Å²) in [5.74, 6) is 0.552. The fourth-order valence-corrected chi connectivity index (χ4v) is 3.52. The van der Waals surface area contributed by atoms with Crippen molar-refractivity contribution in [2.45, 2.75) is 51.4 Å². The number of azo groups is 1. The predicted octanol–water partition coefficient (Wildman–Crippen LogP) is 6.02. The number of nitriles is 1. The van der Waals surface area contributed by atoms with Crippen molar-refractivity contribution in [2.75, 3.05) is 12.4 Å². The van der Waals surface area contributed by atoms with E-state index in [1.165, 1.54) is 0 Å². The molecule has 2 aromatic rings. The van der Waals surface area contributed by atoms with Crippen molar-refractivity contribution in [3.63, 3.8) is 0 Å². The minimum Gasteiger partial charge on any atom is -0.748 e. The Labute approximate surface area is 184 Å². The Morgan fingerprint density at radius 1 is 0.774 bits per heavy atom. The number of hydrogen-bond donors (Lipinski definition) is 0. The maximum atomic E-state index is 10.5. The molecular weight excluding hydrogens is 414 g/mol. The molecule has 0 saturated heterocycles. The van der Waals surface area contributed by atoms with E-state index in [0.29, 0.717) is 24.3 Å². The summed E-state index contributed by atoms with van der Waals surface area (Å²) in [5, 5.41) is 17.1. The van der Waals surface area contributed by atoms with Crippen LogP contribution >= 0.6 is 0 Å². The first-order valence-corrected chi connectivity index (χ1v) is 12.1. The van der Waals surface area contributed by atoms with Crippen LogP contribution in [0.1, 0.15) is 56.9 Å². The van der Waals surface area contributed by atoms with Crippen molar-refractivity contribution in [3.8, 4) is 11.8 Å². The molecule has 0 unspecified atom stereocenters. The molecule has 0 aliphatic rings. The highest BCUT2D eigenvalue weighted by Gasteiger charge is 1.98. The van der Waals surface area contributed by atoms with Crippen LogP contribution in [0.25, 0.3) is 0 Å². The summed E-state index contributed by atoms with van der Waals surface area (Å²) in [7, 11) is -4.06. The van der Waals surface area contributed by atoms with Crippen LogP contribution < -0.4 is 4.74 Å².